The number of hydrogen-bond acceptors (Lipinski definition) is 5. The molecule has 3 rings (SSSR count). The molecule has 3 heterocycles. The zero-order chi connectivity index (χ0) is 13.4. The van der Waals surface area contributed by atoms with Crippen LogP contribution in [-0.2, 0) is 4.74 Å². The summed E-state index contributed by atoms with van der Waals surface area (Å²) in [6.07, 6.45) is 1.89. The van der Waals surface area contributed by atoms with Crippen molar-refractivity contribution in [3.8, 4) is 0 Å². The van der Waals surface area contributed by atoms with Crippen LogP contribution in [0, 0.1) is 6.92 Å². The van der Waals surface area contributed by atoms with Crippen LogP contribution in [-0.4, -0.2) is 40.6 Å². The van der Waals surface area contributed by atoms with Gasteiger partial charge in [-0.2, -0.15) is 0 Å². The lowest BCUT2D eigenvalue weighted by Gasteiger charge is -2.38. The maximum absolute atomic E-state index is 5.78. The first-order chi connectivity index (χ1) is 9.20. The Bertz CT molecular complexity index is 588. The molecule has 0 bridgehead atoms. The van der Waals surface area contributed by atoms with Crippen molar-refractivity contribution in [3.63, 3.8) is 0 Å². The molecule has 0 radical (unpaired) electrons. The zero-order valence-corrected chi connectivity index (χ0v) is 13.4. The number of aryl methyl sites for hydroxylation is 1. The molecule has 1 aliphatic rings. The van der Waals surface area contributed by atoms with E-state index in [4.69, 9.17) is 4.74 Å². The van der Waals surface area contributed by atoms with Crippen LogP contribution in [0.2, 0.25) is 0 Å². The van der Waals surface area contributed by atoms with Gasteiger partial charge in [-0.3, -0.25) is 0 Å². The number of nitrogens with zero attached hydrogens (tertiary/aromatic N) is 3. The summed E-state index contributed by atoms with van der Waals surface area (Å²) in [7, 11) is 0. The molecule has 2 atom stereocenters. The summed E-state index contributed by atoms with van der Waals surface area (Å²) in [6, 6.07) is 0.343. The normalized spacial score (nSPS) is 24.1. The molecular weight excluding hydrogens is 326 g/mol. The molecule has 0 N–H and O–H groups in total. The number of morpholine rings is 1. The predicted octanol–water partition coefficient (Wildman–Crippen LogP) is 2.99. The quantitative estimate of drug-likeness (QED) is 0.787. The van der Waals surface area contributed by atoms with Crippen molar-refractivity contribution in [1.82, 2.24) is 9.97 Å². The summed E-state index contributed by atoms with van der Waals surface area (Å²) in [5.74, 6) is 1.05. The Kier molecular flexibility index (Phi) is 3.73. The Balaban J connectivity index is 2.02. The third-order valence-corrected chi connectivity index (χ3v) is 5.27. The number of halogens is 1. The van der Waals surface area contributed by atoms with E-state index in [0.29, 0.717) is 6.04 Å². The summed E-state index contributed by atoms with van der Waals surface area (Å²) in [5.41, 5.74) is 2.30. The fraction of sp³-hybridized carbons (Fsp3) is 0.538. The minimum absolute atomic E-state index is 0.224. The summed E-state index contributed by atoms with van der Waals surface area (Å²) in [6.45, 7) is 5.89. The van der Waals surface area contributed by atoms with Gasteiger partial charge >= 0.3 is 0 Å². The predicted molar refractivity (Wildman–Crippen MR) is 82.5 cm³/mol. The van der Waals surface area contributed by atoms with Gasteiger partial charge in [-0.25, -0.2) is 9.97 Å². The van der Waals surface area contributed by atoms with E-state index in [1.165, 1.54) is 10.3 Å². The molecular formula is C13H16BrN3OS. The Morgan fingerprint density at radius 3 is 3.16 bits per heavy atom. The van der Waals surface area contributed by atoms with Gasteiger partial charge in [0.15, 0.2) is 0 Å². The summed E-state index contributed by atoms with van der Waals surface area (Å²) < 4.78 is 6.96. The van der Waals surface area contributed by atoms with E-state index in [-0.39, 0.29) is 6.10 Å². The first-order valence-electron chi connectivity index (χ1n) is 6.33. The van der Waals surface area contributed by atoms with Gasteiger partial charge in [0.2, 0.25) is 0 Å². The van der Waals surface area contributed by atoms with Gasteiger partial charge in [0.1, 0.15) is 12.1 Å². The first-order valence-corrected chi connectivity index (χ1v) is 8.34. The lowest BCUT2D eigenvalue weighted by Crippen LogP contribution is -2.49. The first kappa shape index (κ1) is 13.3. The highest BCUT2D eigenvalue weighted by Gasteiger charge is 2.28. The topological polar surface area (TPSA) is 38.2 Å². The van der Waals surface area contributed by atoms with Crippen molar-refractivity contribution in [2.45, 2.75) is 26.0 Å². The fourth-order valence-electron chi connectivity index (χ4n) is 2.37. The molecule has 0 spiro atoms. The largest absolute Gasteiger partial charge is 0.373 e. The number of alkyl halides is 1. The van der Waals surface area contributed by atoms with Crippen molar-refractivity contribution in [2.24, 2.45) is 0 Å². The molecule has 2 aromatic rings. The molecule has 0 aliphatic carbocycles. The Hall–Kier alpha value is -0.720. The lowest BCUT2D eigenvalue weighted by molar-refractivity contribution is 0.0378. The number of aromatic nitrogens is 2. The van der Waals surface area contributed by atoms with Crippen LogP contribution in [0.15, 0.2) is 11.7 Å². The van der Waals surface area contributed by atoms with E-state index in [1.54, 1.807) is 17.7 Å². The molecule has 2 unspecified atom stereocenters. The van der Waals surface area contributed by atoms with Gasteiger partial charge in [-0.1, -0.05) is 15.9 Å². The summed E-state index contributed by atoms with van der Waals surface area (Å²) in [4.78, 5) is 11.3. The van der Waals surface area contributed by atoms with Gasteiger partial charge in [0.25, 0.3) is 0 Å². The molecule has 0 saturated carbocycles. The van der Waals surface area contributed by atoms with E-state index in [0.717, 1.165) is 29.8 Å². The second-order valence-electron chi connectivity index (χ2n) is 4.90. The minimum atomic E-state index is 0.224. The van der Waals surface area contributed by atoms with E-state index >= 15 is 0 Å². The van der Waals surface area contributed by atoms with E-state index in [9.17, 15) is 0 Å². The molecule has 2 aromatic heterocycles. The van der Waals surface area contributed by atoms with Gasteiger partial charge in [0, 0.05) is 11.9 Å². The number of hydrogen-bond donors (Lipinski definition) is 0. The van der Waals surface area contributed by atoms with Crippen molar-refractivity contribution >= 4 is 43.3 Å². The third kappa shape index (κ3) is 2.37. The highest BCUT2D eigenvalue weighted by molar-refractivity contribution is 9.09. The lowest BCUT2D eigenvalue weighted by atomic mass is 10.2. The van der Waals surface area contributed by atoms with Crippen LogP contribution in [0.5, 0.6) is 0 Å². The average molecular weight is 342 g/mol. The van der Waals surface area contributed by atoms with Crippen molar-refractivity contribution < 1.29 is 4.74 Å². The van der Waals surface area contributed by atoms with E-state index < -0.39 is 0 Å². The van der Waals surface area contributed by atoms with Crippen LogP contribution >= 0.6 is 27.3 Å². The number of anilines is 1. The summed E-state index contributed by atoms with van der Waals surface area (Å²) >= 11 is 5.23. The molecule has 1 saturated heterocycles. The molecule has 0 amide bonds. The molecule has 4 nitrogen and oxygen atoms in total. The fourth-order valence-corrected chi connectivity index (χ4v) is 3.77. The second kappa shape index (κ2) is 5.34. The smallest absolute Gasteiger partial charge is 0.150 e. The number of thiophene rings is 1. The SMILES string of the molecule is Cc1csc2c(N3CC(CBr)OCC3C)ncnc12. The van der Waals surface area contributed by atoms with Gasteiger partial charge in [-0.05, 0) is 24.8 Å². The van der Waals surface area contributed by atoms with E-state index in [2.05, 4.69) is 50.0 Å². The van der Waals surface area contributed by atoms with E-state index in [1.807, 2.05) is 0 Å². The van der Waals surface area contributed by atoms with Crippen LogP contribution in [0.4, 0.5) is 5.82 Å². The third-order valence-electron chi connectivity index (χ3n) is 3.46. The minimum Gasteiger partial charge on any atom is -0.373 e. The number of ether oxygens (including phenoxy) is 1. The maximum atomic E-state index is 5.78. The van der Waals surface area contributed by atoms with Crippen LogP contribution in [0.3, 0.4) is 0 Å². The Morgan fingerprint density at radius 2 is 2.37 bits per heavy atom. The van der Waals surface area contributed by atoms with Gasteiger partial charge in [0.05, 0.1) is 29.0 Å². The monoisotopic (exact) mass is 341 g/mol. The molecule has 1 aliphatic heterocycles. The Morgan fingerprint density at radius 1 is 1.53 bits per heavy atom. The van der Waals surface area contributed by atoms with Gasteiger partial charge in [-0.15, -0.1) is 11.3 Å². The average Bonchev–Trinajstić information content (AvgIpc) is 2.81. The standard InChI is InChI=1S/C13H16BrN3OS/c1-8-6-19-12-11(8)15-7-16-13(12)17-4-10(3-14)18-5-9(17)2/h6-7,9-10H,3-5H2,1-2H3. The van der Waals surface area contributed by atoms with Crippen molar-refractivity contribution in [2.75, 3.05) is 23.4 Å². The molecule has 102 valence electrons. The highest BCUT2D eigenvalue weighted by atomic mass is 79.9. The van der Waals surface area contributed by atoms with Crippen LogP contribution < -0.4 is 4.90 Å². The van der Waals surface area contributed by atoms with Crippen molar-refractivity contribution in [1.29, 1.82) is 0 Å². The second-order valence-corrected chi connectivity index (χ2v) is 6.43. The Labute approximate surface area is 124 Å². The molecule has 1 fully saturated rings. The summed E-state index contributed by atoms with van der Waals surface area (Å²) in [5, 5.41) is 3.00. The maximum Gasteiger partial charge on any atom is 0.150 e. The molecule has 0 aromatic carbocycles. The van der Waals surface area contributed by atoms with Gasteiger partial charge < -0.3 is 9.64 Å². The van der Waals surface area contributed by atoms with Crippen LogP contribution in [0.1, 0.15) is 12.5 Å². The van der Waals surface area contributed by atoms with Crippen LogP contribution in [0.25, 0.3) is 10.2 Å². The molecule has 19 heavy (non-hydrogen) atoms. The van der Waals surface area contributed by atoms with Crippen molar-refractivity contribution in [3.05, 3.63) is 17.3 Å². The number of rotatable bonds is 2. The zero-order valence-electron chi connectivity index (χ0n) is 11.0. The number of fused-ring (bicyclic) bond motifs is 1. The highest BCUT2D eigenvalue weighted by Crippen LogP contribution is 2.33. The molecule has 6 heteroatoms.